The molecule has 2 aromatic rings. The quantitative estimate of drug-likeness (QED) is 0.853. The van der Waals surface area contributed by atoms with Gasteiger partial charge in [0.15, 0.2) is 0 Å². The Kier molecular flexibility index (Phi) is 3.26. The average Bonchev–Trinajstić information content (AvgIpc) is 2.67. The summed E-state index contributed by atoms with van der Waals surface area (Å²) in [5.41, 5.74) is 1.66. The summed E-state index contributed by atoms with van der Waals surface area (Å²) in [6.45, 7) is 1.89. The minimum absolute atomic E-state index is 0.186. The van der Waals surface area contributed by atoms with Gasteiger partial charge >= 0.3 is 12.0 Å². The summed E-state index contributed by atoms with van der Waals surface area (Å²) in [5.74, 6) is 0.342. The van der Waals surface area contributed by atoms with Crippen LogP contribution < -0.4 is 14.8 Å². The Balaban J connectivity index is 2.30. The SMILES string of the molecule is COc1nc(Nc2cn(C)nc2C)nc(OC)n1. The van der Waals surface area contributed by atoms with Crippen LogP contribution in [-0.4, -0.2) is 39.0 Å². The molecule has 0 unspecified atom stereocenters. The van der Waals surface area contributed by atoms with Gasteiger partial charge < -0.3 is 14.8 Å². The second-order valence-corrected chi connectivity index (χ2v) is 3.56. The number of aromatic nitrogens is 5. The van der Waals surface area contributed by atoms with Gasteiger partial charge in [0.1, 0.15) is 0 Å². The third-order valence-corrected chi connectivity index (χ3v) is 2.22. The molecule has 0 aliphatic carbocycles. The largest absolute Gasteiger partial charge is 0.467 e. The normalized spacial score (nSPS) is 10.2. The smallest absolute Gasteiger partial charge is 0.324 e. The van der Waals surface area contributed by atoms with Gasteiger partial charge in [-0.2, -0.15) is 15.1 Å². The summed E-state index contributed by atoms with van der Waals surface area (Å²) < 4.78 is 11.6. The van der Waals surface area contributed by atoms with Crippen LogP contribution in [0, 0.1) is 6.92 Å². The lowest BCUT2D eigenvalue weighted by atomic mass is 10.4. The molecule has 0 spiro atoms. The van der Waals surface area contributed by atoms with Gasteiger partial charge in [-0.25, -0.2) is 0 Å². The van der Waals surface area contributed by atoms with Crippen LogP contribution in [0.1, 0.15) is 5.69 Å². The van der Waals surface area contributed by atoms with Crippen molar-refractivity contribution in [2.75, 3.05) is 19.5 Å². The van der Waals surface area contributed by atoms with Crippen LogP contribution in [0.3, 0.4) is 0 Å². The Labute approximate surface area is 104 Å². The predicted octanol–water partition coefficient (Wildman–Crippen LogP) is 0.674. The molecule has 1 N–H and O–H groups in total. The van der Waals surface area contributed by atoms with E-state index in [1.807, 2.05) is 20.2 Å². The van der Waals surface area contributed by atoms with Crippen molar-refractivity contribution in [3.05, 3.63) is 11.9 Å². The monoisotopic (exact) mass is 250 g/mol. The molecule has 0 aromatic carbocycles. The molecule has 96 valence electrons. The number of hydrogen-bond donors (Lipinski definition) is 1. The topological polar surface area (TPSA) is 87.0 Å². The zero-order valence-electron chi connectivity index (χ0n) is 10.6. The van der Waals surface area contributed by atoms with Gasteiger partial charge in [0.25, 0.3) is 0 Å². The lowest BCUT2D eigenvalue weighted by molar-refractivity contribution is 0.341. The molecule has 0 aliphatic rings. The van der Waals surface area contributed by atoms with Gasteiger partial charge in [-0.15, -0.1) is 4.98 Å². The van der Waals surface area contributed by atoms with Crippen molar-refractivity contribution in [3.8, 4) is 12.0 Å². The highest BCUT2D eigenvalue weighted by Gasteiger charge is 2.09. The number of methoxy groups -OCH3 is 2. The summed E-state index contributed by atoms with van der Waals surface area (Å²) >= 11 is 0. The fraction of sp³-hybridized carbons (Fsp3) is 0.400. The molecular weight excluding hydrogens is 236 g/mol. The summed E-state index contributed by atoms with van der Waals surface area (Å²) in [4.78, 5) is 12.1. The second-order valence-electron chi connectivity index (χ2n) is 3.56. The molecule has 0 atom stereocenters. The highest BCUT2D eigenvalue weighted by atomic mass is 16.5. The van der Waals surface area contributed by atoms with E-state index in [0.29, 0.717) is 5.95 Å². The molecule has 0 aliphatic heterocycles. The van der Waals surface area contributed by atoms with Crippen molar-refractivity contribution in [1.29, 1.82) is 0 Å². The van der Waals surface area contributed by atoms with Crippen molar-refractivity contribution < 1.29 is 9.47 Å². The maximum Gasteiger partial charge on any atom is 0.324 e. The van der Waals surface area contributed by atoms with E-state index >= 15 is 0 Å². The van der Waals surface area contributed by atoms with Crippen LogP contribution in [0.4, 0.5) is 11.6 Å². The lowest BCUT2D eigenvalue weighted by Crippen LogP contribution is -2.03. The zero-order valence-corrected chi connectivity index (χ0v) is 10.6. The summed E-state index contributed by atoms with van der Waals surface area (Å²) in [6, 6.07) is 0.372. The molecule has 0 saturated heterocycles. The number of ether oxygens (including phenoxy) is 2. The predicted molar refractivity (Wildman–Crippen MR) is 64.2 cm³/mol. The number of anilines is 2. The molecular formula is C10H14N6O2. The lowest BCUT2D eigenvalue weighted by Gasteiger charge is -2.06. The summed E-state index contributed by atoms with van der Waals surface area (Å²) in [6.07, 6.45) is 1.83. The van der Waals surface area contributed by atoms with E-state index < -0.39 is 0 Å². The van der Waals surface area contributed by atoms with Crippen LogP contribution in [0.15, 0.2) is 6.20 Å². The zero-order chi connectivity index (χ0) is 13.1. The highest BCUT2D eigenvalue weighted by molar-refractivity contribution is 5.55. The Morgan fingerprint density at radius 3 is 2.17 bits per heavy atom. The Morgan fingerprint density at radius 2 is 1.72 bits per heavy atom. The molecule has 0 radical (unpaired) electrons. The standard InChI is InChI=1S/C10H14N6O2/c1-6-7(5-16(2)15-6)11-8-12-9(17-3)14-10(13-8)18-4/h5H,1-4H3,(H,11,12,13,14). The Bertz CT molecular complexity index is 531. The van der Waals surface area contributed by atoms with E-state index in [1.165, 1.54) is 14.2 Å². The van der Waals surface area contributed by atoms with Crippen molar-refractivity contribution in [2.24, 2.45) is 7.05 Å². The molecule has 0 bridgehead atoms. The summed E-state index contributed by atoms with van der Waals surface area (Å²) in [5, 5.41) is 7.25. The van der Waals surface area contributed by atoms with E-state index in [-0.39, 0.29) is 12.0 Å². The minimum atomic E-state index is 0.186. The fourth-order valence-electron chi connectivity index (χ4n) is 1.42. The van der Waals surface area contributed by atoms with E-state index in [9.17, 15) is 0 Å². The van der Waals surface area contributed by atoms with Gasteiger partial charge in [0.2, 0.25) is 5.95 Å². The number of aryl methyl sites for hydroxylation is 2. The number of rotatable bonds is 4. The molecule has 0 amide bonds. The van der Waals surface area contributed by atoms with E-state index in [0.717, 1.165) is 11.4 Å². The molecule has 8 heteroatoms. The van der Waals surface area contributed by atoms with Gasteiger partial charge in [-0.05, 0) is 6.92 Å². The second kappa shape index (κ2) is 4.86. The first-order valence-corrected chi connectivity index (χ1v) is 5.23. The molecule has 2 rings (SSSR count). The average molecular weight is 250 g/mol. The van der Waals surface area contributed by atoms with E-state index in [1.54, 1.807) is 4.68 Å². The third-order valence-electron chi connectivity index (χ3n) is 2.22. The van der Waals surface area contributed by atoms with Crippen molar-refractivity contribution >= 4 is 11.6 Å². The molecule has 8 nitrogen and oxygen atoms in total. The van der Waals surface area contributed by atoms with Crippen molar-refractivity contribution in [1.82, 2.24) is 24.7 Å². The minimum Gasteiger partial charge on any atom is -0.467 e. The van der Waals surface area contributed by atoms with E-state index in [2.05, 4.69) is 25.4 Å². The number of nitrogens with one attached hydrogen (secondary N) is 1. The first kappa shape index (κ1) is 12.1. The molecule has 0 saturated carbocycles. The summed E-state index contributed by atoms with van der Waals surface area (Å²) in [7, 11) is 4.80. The van der Waals surface area contributed by atoms with Crippen LogP contribution in [0.25, 0.3) is 0 Å². The van der Waals surface area contributed by atoms with Crippen molar-refractivity contribution in [2.45, 2.75) is 6.92 Å². The van der Waals surface area contributed by atoms with Gasteiger partial charge in [0, 0.05) is 13.2 Å². The first-order valence-electron chi connectivity index (χ1n) is 5.23. The Morgan fingerprint density at radius 1 is 1.11 bits per heavy atom. The molecule has 2 heterocycles. The van der Waals surface area contributed by atoms with E-state index in [4.69, 9.17) is 9.47 Å². The van der Waals surface area contributed by atoms with Crippen LogP contribution in [-0.2, 0) is 7.05 Å². The van der Waals surface area contributed by atoms with Crippen LogP contribution in [0.5, 0.6) is 12.0 Å². The van der Waals surface area contributed by atoms with Gasteiger partial charge in [-0.3, -0.25) is 4.68 Å². The van der Waals surface area contributed by atoms with Crippen LogP contribution in [0.2, 0.25) is 0 Å². The molecule has 18 heavy (non-hydrogen) atoms. The van der Waals surface area contributed by atoms with Gasteiger partial charge in [-0.1, -0.05) is 0 Å². The Hall–Kier alpha value is -2.38. The van der Waals surface area contributed by atoms with Gasteiger partial charge in [0.05, 0.1) is 25.6 Å². The third kappa shape index (κ3) is 2.47. The maximum absolute atomic E-state index is 4.97. The molecule has 2 aromatic heterocycles. The molecule has 0 fully saturated rings. The number of nitrogens with zero attached hydrogens (tertiary/aromatic N) is 5. The van der Waals surface area contributed by atoms with Crippen LogP contribution >= 0.6 is 0 Å². The van der Waals surface area contributed by atoms with Crippen molar-refractivity contribution in [3.63, 3.8) is 0 Å². The highest BCUT2D eigenvalue weighted by Crippen LogP contribution is 2.19. The maximum atomic E-state index is 4.97. The first-order chi connectivity index (χ1) is 8.62. The number of hydrogen-bond acceptors (Lipinski definition) is 7. The fourth-order valence-corrected chi connectivity index (χ4v) is 1.42.